The number of ether oxygens (including phenoxy) is 2. The summed E-state index contributed by atoms with van der Waals surface area (Å²) in [6, 6.07) is 0. The summed E-state index contributed by atoms with van der Waals surface area (Å²) >= 11 is 0. The van der Waals surface area contributed by atoms with Crippen LogP contribution in [0.5, 0.6) is 0 Å². The van der Waals surface area contributed by atoms with Gasteiger partial charge in [-0.1, -0.05) is 13.8 Å². The van der Waals surface area contributed by atoms with Gasteiger partial charge in [0.05, 0.1) is 6.61 Å². The summed E-state index contributed by atoms with van der Waals surface area (Å²) in [5, 5.41) is 0. The third-order valence-electron chi connectivity index (χ3n) is 1.48. The molecule has 0 fully saturated rings. The Balaban J connectivity index is 3.57. The van der Waals surface area contributed by atoms with E-state index in [0.717, 1.165) is 0 Å². The van der Waals surface area contributed by atoms with Gasteiger partial charge in [-0.3, -0.25) is 0 Å². The first-order valence-electron chi connectivity index (χ1n) is 3.91. The van der Waals surface area contributed by atoms with E-state index >= 15 is 0 Å². The standard InChI is InChI=1S/C8H16O3/c1-5-10-8(9)11-7(4)6(2)3/h6-7H,5H2,1-4H3/t7-/m0/s1. The summed E-state index contributed by atoms with van der Waals surface area (Å²) in [6.45, 7) is 7.94. The molecular weight excluding hydrogens is 144 g/mol. The van der Waals surface area contributed by atoms with Crippen molar-refractivity contribution in [1.29, 1.82) is 0 Å². The molecule has 0 saturated carbocycles. The Morgan fingerprint density at radius 3 is 2.27 bits per heavy atom. The van der Waals surface area contributed by atoms with E-state index in [1.54, 1.807) is 6.92 Å². The molecule has 66 valence electrons. The zero-order valence-corrected chi connectivity index (χ0v) is 7.59. The summed E-state index contributed by atoms with van der Waals surface area (Å²) in [5.74, 6) is 0.333. The third-order valence-corrected chi connectivity index (χ3v) is 1.48. The lowest BCUT2D eigenvalue weighted by Gasteiger charge is -2.15. The number of hydrogen-bond acceptors (Lipinski definition) is 3. The van der Waals surface area contributed by atoms with Gasteiger partial charge in [0.2, 0.25) is 0 Å². The van der Waals surface area contributed by atoms with Crippen LogP contribution in [0.15, 0.2) is 0 Å². The molecule has 0 amide bonds. The molecule has 3 heteroatoms. The fourth-order valence-corrected chi connectivity index (χ4v) is 0.440. The van der Waals surface area contributed by atoms with Crippen molar-refractivity contribution in [3.05, 3.63) is 0 Å². The van der Waals surface area contributed by atoms with Crippen LogP contribution < -0.4 is 0 Å². The quantitative estimate of drug-likeness (QED) is 0.594. The van der Waals surface area contributed by atoms with Crippen LogP contribution in [0.4, 0.5) is 4.79 Å². The van der Waals surface area contributed by atoms with Gasteiger partial charge in [0.1, 0.15) is 6.10 Å². The molecule has 0 aliphatic heterocycles. The number of carbonyl (C=O) groups is 1. The van der Waals surface area contributed by atoms with Gasteiger partial charge in [0.15, 0.2) is 0 Å². The maximum atomic E-state index is 10.7. The maximum Gasteiger partial charge on any atom is 0.508 e. The van der Waals surface area contributed by atoms with E-state index in [1.165, 1.54) is 0 Å². The third kappa shape index (κ3) is 4.65. The molecule has 1 atom stereocenters. The monoisotopic (exact) mass is 160 g/mol. The highest BCUT2D eigenvalue weighted by molar-refractivity contribution is 5.59. The lowest BCUT2D eigenvalue weighted by atomic mass is 10.1. The molecule has 0 saturated heterocycles. The van der Waals surface area contributed by atoms with E-state index in [4.69, 9.17) is 4.74 Å². The van der Waals surface area contributed by atoms with Crippen molar-refractivity contribution in [1.82, 2.24) is 0 Å². The van der Waals surface area contributed by atoms with Crippen LogP contribution in [0.25, 0.3) is 0 Å². The van der Waals surface area contributed by atoms with E-state index in [0.29, 0.717) is 12.5 Å². The minimum absolute atomic E-state index is 0.0750. The number of hydrogen-bond donors (Lipinski definition) is 0. The topological polar surface area (TPSA) is 35.5 Å². The first-order valence-corrected chi connectivity index (χ1v) is 3.91. The normalized spacial score (nSPS) is 12.8. The minimum Gasteiger partial charge on any atom is -0.435 e. The highest BCUT2D eigenvalue weighted by Gasteiger charge is 2.12. The van der Waals surface area contributed by atoms with Crippen molar-refractivity contribution in [3.63, 3.8) is 0 Å². The second-order valence-electron chi connectivity index (χ2n) is 2.75. The van der Waals surface area contributed by atoms with Crippen molar-refractivity contribution in [2.24, 2.45) is 5.92 Å². The van der Waals surface area contributed by atoms with Crippen LogP contribution in [-0.4, -0.2) is 18.9 Å². The fraction of sp³-hybridized carbons (Fsp3) is 0.875. The van der Waals surface area contributed by atoms with Gasteiger partial charge in [-0.15, -0.1) is 0 Å². The smallest absolute Gasteiger partial charge is 0.435 e. The minimum atomic E-state index is -0.575. The first kappa shape index (κ1) is 10.3. The molecule has 11 heavy (non-hydrogen) atoms. The van der Waals surface area contributed by atoms with Crippen molar-refractivity contribution in [3.8, 4) is 0 Å². The lowest BCUT2D eigenvalue weighted by molar-refractivity contribution is 0.0174. The molecule has 0 aliphatic carbocycles. The van der Waals surface area contributed by atoms with Crippen molar-refractivity contribution in [2.75, 3.05) is 6.61 Å². The van der Waals surface area contributed by atoms with E-state index in [9.17, 15) is 4.79 Å². The van der Waals surface area contributed by atoms with Gasteiger partial charge in [-0.25, -0.2) is 4.79 Å². The summed E-state index contributed by atoms with van der Waals surface area (Å²) in [4.78, 5) is 10.7. The Labute approximate surface area is 67.7 Å². The molecule has 0 spiro atoms. The Morgan fingerprint density at radius 2 is 1.91 bits per heavy atom. The Kier molecular flexibility index (Phi) is 4.66. The first-order chi connectivity index (χ1) is 5.07. The highest BCUT2D eigenvalue weighted by Crippen LogP contribution is 2.05. The summed E-state index contributed by atoms with van der Waals surface area (Å²) < 4.78 is 9.49. The molecule has 0 aromatic carbocycles. The molecule has 0 rings (SSSR count). The molecule has 0 aliphatic rings. The van der Waals surface area contributed by atoms with Crippen molar-refractivity contribution >= 4 is 6.16 Å². The average molecular weight is 160 g/mol. The van der Waals surface area contributed by atoms with Crippen LogP contribution in [0.3, 0.4) is 0 Å². The highest BCUT2D eigenvalue weighted by atomic mass is 16.7. The molecule has 0 bridgehead atoms. The SMILES string of the molecule is CCOC(=O)O[C@@H](C)C(C)C. The zero-order chi connectivity index (χ0) is 8.85. The molecule has 3 nitrogen and oxygen atoms in total. The van der Waals surface area contributed by atoms with Gasteiger partial charge in [0.25, 0.3) is 0 Å². The molecular formula is C8H16O3. The van der Waals surface area contributed by atoms with E-state index < -0.39 is 6.16 Å². The second kappa shape index (κ2) is 4.99. The molecule has 0 aromatic heterocycles. The molecule has 0 heterocycles. The van der Waals surface area contributed by atoms with E-state index in [1.807, 2.05) is 20.8 Å². The average Bonchev–Trinajstić information content (AvgIpc) is 1.87. The summed E-state index contributed by atoms with van der Waals surface area (Å²) in [6.07, 6.45) is -0.650. The van der Waals surface area contributed by atoms with Gasteiger partial charge >= 0.3 is 6.16 Å². The largest absolute Gasteiger partial charge is 0.508 e. The van der Waals surface area contributed by atoms with Crippen LogP contribution in [0, 0.1) is 5.92 Å². The van der Waals surface area contributed by atoms with Crippen LogP contribution in [0.2, 0.25) is 0 Å². The zero-order valence-electron chi connectivity index (χ0n) is 7.59. The number of rotatable bonds is 3. The van der Waals surface area contributed by atoms with Crippen LogP contribution in [-0.2, 0) is 9.47 Å². The van der Waals surface area contributed by atoms with E-state index in [-0.39, 0.29) is 6.10 Å². The van der Waals surface area contributed by atoms with E-state index in [2.05, 4.69) is 4.74 Å². The Hall–Kier alpha value is -0.730. The van der Waals surface area contributed by atoms with Crippen molar-refractivity contribution < 1.29 is 14.3 Å². The van der Waals surface area contributed by atoms with Gasteiger partial charge in [-0.2, -0.15) is 0 Å². The lowest BCUT2D eigenvalue weighted by Crippen LogP contribution is -2.20. The van der Waals surface area contributed by atoms with Crippen LogP contribution >= 0.6 is 0 Å². The van der Waals surface area contributed by atoms with Crippen LogP contribution in [0.1, 0.15) is 27.7 Å². The van der Waals surface area contributed by atoms with Gasteiger partial charge < -0.3 is 9.47 Å². The molecule has 0 radical (unpaired) electrons. The van der Waals surface area contributed by atoms with Crippen molar-refractivity contribution in [2.45, 2.75) is 33.8 Å². The van der Waals surface area contributed by atoms with Gasteiger partial charge in [0, 0.05) is 0 Å². The molecule has 0 N–H and O–H groups in total. The summed E-state index contributed by atoms with van der Waals surface area (Å²) in [5.41, 5.74) is 0. The fourth-order valence-electron chi connectivity index (χ4n) is 0.440. The number of carbonyl (C=O) groups excluding carboxylic acids is 1. The Morgan fingerprint density at radius 1 is 1.36 bits per heavy atom. The Bertz CT molecular complexity index is 121. The predicted molar refractivity (Wildman–Crippen MR) is 42.4 cm³/mol. The molecule has 0 unspecified atom stereocenters. The molecule has 0 aromatic rings. The summed E-state index contributed by atoms with van der Waals surface area (Å²) in [7, 11) is 0. The maximum absolute atomic E-state index is 10.7. The second-order valence-corrected chi connectivity index (χ2v) is 2.75. The van der Waals surface area contributed by atoms with Gasteiger partial charge in [-0.05, 0) is 19.8 Å². The predicted octanol–water partition coefficient (Wildman–Crippen LogP) is 2.20.